The van der Waals surface area contributed by atoms with Gasteiger partial charge in [0.05, 0.1) is 5.69 Å². The molecule has 0 saturated heterocycles. The maximum atomic E-state index is 13.6. The van der Waals surface area contributed by atoms with E-state index in [1.165, 1.54) is 6.07 Å². The van der Waals surface area contributed by atoms with Crippen LogP contribution < -0.4 is 10.5 Å². The van der Waals surface area contributed by atoms with Crippen molar-refractivity contribution in [3.8, 4) is 5.75 Å². The van der Waals surface area contributed by atoms with Gasteiger partial charge < -0.3 is 10.5 Å². The second kappa shape index (κ2) is 6.08. The third-order valence-corrected chi connectivity index (χ3v) is 3.07. The summed E-state index contributed by atoms with van der Waals surface area (Å²) in [6, 6.07) is 8.11. The van der Waals surface area contributed by atoms with Crippen molar-refractivity contribution in [1.82, 2.24) is 4.98 Å². The summed E-state index contributed by atoms with van der Waals surface area (Å²) < 4.78 is 19.6. The van der Waals surface area contributed by atoms with Crippen molar-refractivity contribution in [2.75, 3.05) is 0 Å². The van der Waals surface area contributed by atoms with Gasteiger partial charge in [-0.05, 0) is 35.9 Å². The van der Waals surface area contributed by atoms with Crippen LogP contribution in [-0.4, -0.2) is 9.97 Å². The molecular weight excluding hydrogens is 331 g/mol. The Morgan fingerprint density at radius 2 is 2.16 bits per heavy atom. The highest BCUT2D eigenvalue weighted by Crippen LogP contribution is 2.22. The van der Waals surface area contributed by atoms with E-state index in [9.17, 15) is 4.39 Å². The van der Waals surface area contributed by atoms with Gasteiger partial charge in [0.2, 0.25) is 0 Å². The lowest BCUT2D eigenvalue weighted by Crippen LogP contribution is -2.12. The number of benzene rings is 1. The zero-order valence-electron chi connectivity index (χ0n) is 9.77. The quantitative estimate of drug-likeness (QED) is 0.868. The van der Waals surface area contributed by atoms with Gasteiger partial charge in [0.1, 0.15) is 11.6 Å². The minimum atomic E-state index is -0.419. The number of aromatic nitrogens is 1. The lowest BCUT2D eigenvalue weighted by molar-refractivity contribution is 0.290. The van der Waals surface area contributed by atoms with Crippen molar-refractivity contribution in [2.45, 2.75) is 6.61 Å². The fourth-order valence-electron chi connectivity index (χ4n) is 1.45. The number of thiocarbonyl (C=S) groups is 1. The second-order valence-electron chi connectivity index (χ2n) is 3.78. The normalized spacial score (nSPS) is 10.2. The SMILES string of the molecule is NC(=S)c1cc(COc2ccc(Br)cc2F)ccn1. The van der Waals surface area contributed by atoms with Crippen LogP contribution in [0.3, 0.4) is 0 Å². The third-order valence-electron chi connectivity index (χ3n) is 2.37. The molecule has 1 aromatic carbocycles. The standard InChI is InChI=1S/C13H10BrFN2OS/c14-9-1-2-12(10(15)6-9)18-7-8-3-4-17-11(5-8)13(16)19/h1-6H,7H2,(H2,16,19). The molecule has 0 amide bonds. The summed E-state index contributed by atoms with van der Waals surface area (Å²) in [4.78, 5) is 4.24. The Bertz CT molecular complexity index is 621. The van der Waals surface area contributed by atoms with E-state index in [1.54, 1.807) is 30.5 Å². The summed E-state index contributed by atoms with van der Waals surface area (Å²) in [6.45, 7) is 0.219. The van der Waals surface area contributed by atoms with Crippen molar-refractivity contribution in [3.05, 3.63) is 58.1 Å². The molecule has 2 N–H and O–H groups in total. The second-order valence-corrected chi connectivity index (χ2v) is 5.13. The number of nitrogens with zero attached hydrogens (tertiary/aromatic N) is 1. The zero-order valence-corrected chi connectivity index (χ0v) is 12.2. The molecule has 0 fully saturated rings. The summed E-state index contributed by atoms with van der Waals surface area (Å²) in [6.07, 6.45) is 1.59. The first kappa shape index (κ1) is 13.9. The minimum Gasteiger partial charge on any atom is -0.486 e. The van der Waals surface area contributed by atoms with Crippen LogP contribution in [0.4, 0.5) is 4.39 Å². The van der Waals surface area contributed by atoms with Crippen LogP contribution in [-0.2, 0) is 6.61 Å². The first-order valence-corrected chi connectivity index (χ1v) is 6.59. The molecule has 2 aromatic rings. The van der Waals surface area contributed by atoms with E-state index in [2.05, 4.69) is 20.9 Å². The van der Waals surface area contributed by atoms with Gasteiger partial charge in [0, 0.05) is 10.7 Å². The lowest BCUT2D eigenvalue weighted by atomic mass is 10.2. The van der Waals surface area contributed by atoms with Crippen LogP contribution in [0, 0.1) is 5.82 Å². The maximum Gasteiger partial charge on any atom is 0.166 e. The van der Waals surface area contributed by atoms with Gasteiger partial charge in [0.15, 0.2) is 11.6 Å². The summed E-state index contributed by atoms with van der Waals surface area (Å²) in [7, 11) is 0. The Morgan fingerprint density at radius 1 is 1.37 bits per heavy atom. The average molecular weight is 341 g/mol. The van der Waals surface area contributed by atoms with Crippen LogP contribution in [0.2, 0.25) is 0 Å². The van der Waals surface area contributed by atoms with E-state index in [0.29, 0.717) is 10.2 Å². The van der Waals surface area contributed by atoms with Crippen LogP contribution in [0.1, 0.15) is 11.3 Å². The fraction of sp³-hybridized carbons (Fsp3) is 0.0769. The molecule has 6 heteroatoms. The predicted molar refractivity (Wildman–Crippen MR) is 78.6 cm³/mol. The number of halogens is 2. The first-order valence-electron chi connectivity index (χ1n) is 5.39. The van der Waals surface area contributed by atoms with Crippen molar-refractivity contribution in [3.63, 3.8) is 0 Å². The van der Waals surface area contributed by atoms with Gasteiger partial charge >= 0.3 is 0 Å². The molecule has 1 heterocycles. The molecular formula is C13H10BrFN2OS. The van der Waals surface area contributed by atoms with E-state index in [4.69, 9.17) is 22.7 Å². The van der Waals surface area contributed by atoms with Gasteiger partial charge in [-0.2, -0.15) is 0 Å². The summed E-state index contributed by atoms with van der Waals surface area (Å²) in [5.41, 5.74) is 6.83. The summed E-state index contributed by atoms with van der Waals surface area (Å²) >= 11 is 8.03. The molecule has 0 aliphatic rings. The Morgan fingerprint density at radius 3 is 2.84 bits per heavy atom. The van der Waals surface area contributed by atoms with Gasteiger partial charge in [-0.3, -0.25) is 4.98 Å². The largest absolute Gasteiger partial charge is 0.486 e. The highest BCUT2D eigenvalue weighted by atomic mass is 79.9. The highest BCUT2D eigenvalue weighted by molar-refractivity contribution is 9.10. The molecule has 0 aliphatic carbocycles. The van der Waals surface area contributed by atoms with Gasteiger partial charge in [-0.15, -0.1) is 0 Å². The number of pyridine rings is 1. The molecule has 0 aliphatic heterocycles. The van der Waals surface area contributed by atoms with E-state index in [-0.39, 0.29) is 17.3 Å². The molecule has 0 radical (unpaired) electrons. The summed E-state index contributed by atoms with van der Waals surface area (Å²) in [5, 5.41) is 0. The van der Waals surface area contributed by atoms with Crippen LogP contribution >= 0.6 is 28.1 Å². The lowest BCUT2D eigenvalue weighted by Gasteiger charge is -2.08. The number of hydrogen-bond donors (Lipinski definition) is 1. The molecule has 0 spiro atoms. The number of hydrogen-bond acceptors (Lipinski definition) is 3. The van der Waals surface area contributed by atoms with Crippen LogP contribution in [0.5, 0.6) is 5.75 Å². The molecule has 2 rings (SSSR count). The monoisotopic (exact) mass is 340 g/mol. The Balaban J connectivity index is 2.10. The van der Waals surface area contributed by atoms with Crippen molar-refractivity contribution < 1.29 is 9.13 Å². The molecule has 3 nitrogen and oxygen atoms in total. The van der Waals surface area contributed by atoms with Crippen LogP contribution in [0.25, 0.3) is 0 Å². The molecule has 0 unspecified atom stereocenters. The van der Waals surface area contributed by atoms with Crippen molar-refractivity contribution >= 4 is 33.1 Å². The van der Waals surface area contributed by atoms with E-state index in [0.717, 1.165) is 5.56 Å². The van der Waals surface area contributed by atoms with E-state index < -0.39 is 5.82 Å². The number of nitrogens with two attached hydrogens (primary N) is 1. The van der Waals surface area contributed by atoms with Crippen LogP contribution in [0.15, 0.2) is 41.0 Å². The minimum absolute atomic E-state index is 0.192. The smallest absolute Gasteiger partial charge is 0.166 e. The van der Waals surface area contributed by atoms with Gasteiger partial charge in [-0.1, -0.05) is 28.1 Å². The number of ether oxygens (including phenoxy) is 1. The fourth-order valence-corrected chi connectivity index (χ4v) is 1.90. The predicted octanol–water partition coefficient (Wildman–Crippen LogP) is 3.20. The molecule has 0 bridgehead atoms. The zero-order chi connectivity index (χ0) is 13.8. The molecule has 0 saturated carbocycles. The van der Waals surface area contributed by atoms with Gasteiger partial charge in [-0.25, -0.2) is 4.39 Å². The number of rotatable bonds is 4. The summed E-state index contributed by atoms with van der Waals surface area (Å²) in [5.74, 6) is -0.227. The Hall–Kier alpha value is -1.53. The Kier molecular flexibility index (Phi) is 4.44. The van der Waals surface area contributed by atoms with Gasteiger partial charge in [0.25, 0.3) is 0 Å². The highest BCUT2D eigenvalue weighted by Gasteiger charge is 2.05. The van der Waals surface area contributed by atoms with Crippen molar-refractivity contribution in [2.24, 2.45) is 5.73 Å². The molecule has 1 aromatic heterocycles. The molecule has 19 heavy (non-hydrogen) atoms. The van der Waals surface area contributed by atoms with E-state index >= 15 is 0 Å². The third kappa shape index (κ3) is 3.71. The molecule has 98 valence electrons. The Labute approximate surface area is 123 Å². The topological polar surface area (TPSA) is 48.1 Å². The van der Waals surface area contributed by atoms with E-state index in [1.807, 2.05) is 0 Å². The first-order chi connectivity index (χ1) is 9.06. The van der Waals surface area contributed by atoms with Crippen molar-refractivity contribution in [1.29, 1.82) is 0 Å². The average Bonchev–Trinajstić information content (AvgIpc) is 2.38. The maximum absolute atomic E-state index is 13.6. The molecule has 0 atom stereocenters.